The predicted molar refractivity (Wildman–Crippen MR) is 56.8 cm³/mol. The van der Waals surface area contributed by atoms with E-state index in [0.29, 0.717) is 29.2 Å². The molecule has 0 bridgehead atoms. The molecule has 1 atom stereocenters. The Morgan fingerprint density at radius 1 is 1.50 bits per heavy atom. The van der Waals surface area contributed by atoms with Gasteiger partial charge in [-0.15, -0.1) is 0 Å². The van der Waals surface area contributed by atoms with Crippen LogP contribution in [0.15, 0.2) is 15.3 Å². The smallest absolute Gasteiger partial charge is 0.280 e. The van der Waals surface area contributed by atoms with Gasteiger partial charge in [0.25, 0.3) is 5.89 Å². The Balaban J connectivity index is 2.17. The maximum Gasteiger partial charge on any atom is 0.280 e. The third kappa shape index (κ3) is 2.11. The molecule has 2 aromatic heterocycles. The summed E-state index contributed by atoms with van der Waals surface area (Å²) in [5.74, 6) is 1.75. The first kappa shape index (κ1) is 10.8. The zero-order valence-electron chi connectivity index (χ0n) is 9.52. The van der Waals surface area contributed by atoms with Gasteiger partial charge in [-0.2, -0.15) is 4.98 Å². The fraction of sp³-hybridized carbons (Fsp3) is 0.500. The average molecular weight is 222 g/mol. The van der Waals surface area contributed by atoms with Crippen molar-refractivity contribution >= 4 is 0 Å². The van der Waals surface area contributed by atoms with E-state index in [4.69, 9.17) is 8.94 Å². The Morgan fingerprint density at radius 3 is 2.94 bits per heavy atom. The van der Waals surface area contributed by atoms with E-state index in [2.05, 4.69) is 27.4 Å². The molecule has 6 nitrogen and oxygen atoms in total. The molecule has 0 aliphatic rings. The van der Waals surface area contributed by atoms with E-state index < -0.39 is 0 Å². The van der Waals surface area contributed by atoms with Crippen molar-refractivity contribution in [3.63, 3.8) is 0 Å². The first-order chi connectivity index (χ1) is 7.70. The molecule has 0 fully saturated rings. The second kappa shape index (κ2) is 4.44. The van der Waals surface area contributed by atoms with Crippen LogP contribution in [-0.4, -0.2) is 28.2 Å². The number of nitrogens with zero attached hydrogens (tertiary/aromatic N) is 3. The highest BCUT2D eigenvalue weighted by atomic mass is 16.5. The van der Waals surface area contributed by atoms with Gasteiger partial charge in [-0.25, -0.2) is 4.98 Å². The van der Waals surface area contributed by atoms with Gasteiger partial charge in [-0.3, -0.25) is 0 Å². The Labute approximate surface area is 93.1 Å². The minimum atomic E-state index is 0.309. The van der Waals surface area contributed by atoms with E-state index in [1.54, 1.807) is 0 Å². The molecule has 1 unspecified atom stereocenters. The summed E-state index contributed by atoms with van der Waals surface area (Å²) in [6, 6.07) is 0.309. The van der Waals surface area contributed by atoms with Crippen LogP contribution >= 0.6 is 0 Å². The third-order valence-electron chi connectivity index (χ3n) is 2.40. The number of likely N-dealkylation sites (N-methyl/N-ethyl adjacent to an activating group) is 1. The fourth-order valence-corrected chi connectivity index (χ4v) is 1.32. The van der Waals surface area contributed by atoms with Crippen LogP contribution in [0.2, 0.25) is 0 Å². The molecule has 2 heterocycles. The lowest BCUT2D eigenvalue weighted by molar-refractivity contribution is 0.416. The van der Waals surface area contributed by atoms with Crippen molar-refractivity contribution in [2.75, 3.05) is 7.05 Å². The number of nitrogens with one attached hydrogen (secondary N) is 1. The number of aromatic nitrogens is 3. The molecule has 6 heteroatoms. The van der Waals surface area contributed by atoms with Crippen molar-refractivity contribution in [1.29, 1.82) is 0 Å². The molecule has 0 saturated heterocycles. The van der Waals surface area contributed by atoms with Crippen molar-refractivity contribution in [3.05, 3.63) is 18.0 Å². The van der Waals surface area contributed by atoms with E-state index in [1.165, 1.54) is 6.39 Å². The van der Waals surface area contributed by atoms with E-state index in [-0.39, 0.29) is 0 Å². The Kier molecular flexibility index (Phi) is 3.00. The number of aryl methyl sites for hydroxylation is 1. The van der Waals surface area contributed by atoms with E-state index in [9.17, 15) is 0 Å². The number of hydrogen-bond acceptors (Lipinski definition) is 6. The second-order valence-corrected chi connectivity index (χ2v) is 3.67. The first-order valence-corrected chi connectivity index (χ1v) is 5.11. The number of oxazole rings is 1. The molecule has 0 aromatic carbocycles. The molecule has 0 saturated carbocycles. The van der Waals surface area contributed by atoms with Crippen molar-refractivity contribution in [2.45, 2.75) is 26.3 Å². The van der Waals surface area contributed by atoms with Gasteiger partial charge in [-0.1, -0.05) is 5.16 Å². The first-order valence-electron chi connectivity index (χ1n) is 5.11. The van der Waals surface area contributed by atoms with Crippen LogP contribution in [0.5, 0.6) is 0 Å². The van der Waals surface area contributed by atoms with E-state index in [1.807, 2.05) is 14.0 Å². The van der Waals surface area contributed by atoms with Crippen LogP contribution in [0.25, 0.3) is 11.6 Å². The molecule has 1 N–H and O–H groups in total. The standard InChI is InChI=1S/C10H14N4O2/c1-6(11-3)4-8-13-10(16-14-8)9-7(2)15-5-12-9/h5-6,11H,4H2,1-3H3. The number of hydrogen-bond donors (Lipinski definition) is 1. The molecule has 0 amide bonds. The van der Waals surface area contributed by atoms with Crippen LogP contribution in [-0.2, 0) is 6.42 Å². The third-order valence-corrected chi connectivity index (χ3v) is 2.40. The SMILES string of the molecule is CNC(C)Cc1noc(-c2ncoc2C)n1. The van der Waals surface area contributed by atoms with Gasteiger partial charge < -0.3 is 14.3 Å². The van der Waals surface area contributed by atoms with Crippen molar-refractivity contribution in [1.82, 2.24) is 20.4 Å². The molecule has 0 spiro atoms. The van der Waals surface area contributed by atoms with E-state index >= 15 is 0 Å². The summed E-state index contributed by atoms with van der Waals surface area (Å²) in [5.41, 5.74) is 0.607. The van der Waals surface area contributed by atoms with Crippen molar-refractivity contribution < 1.29 is 8.94 Å². The second-order valence-electron chi connectivity index (χ2n) is 3.67. The highest BCUT2D eigenvalue weighted by Crippen LogP contribution is 2.19. The molecular formula is C10H14N4O2. The zero-order chi connectivity index (χ0) is 11.5. The van der Waals surface area contributed by atoms with Gasteiger partial charge in [0.2, 0.25) is 0 Å². The molecule has 0 aliphatic carbocycles. The lowest BCUT2D eigenvalue weighted by Gasteiger charge is -2.04. The van der Waals surface area contributed by atoms with Gasteiger partial charge in [0.1, 0.15) is 5.76 Å². The van der Waals surface area contributed by atoms with Crippen LogP contribution in [0.4, 0.5) is 0 Å². The summed E-state index contributed by atoms with van der Waals surface area (Å²) < 4.78 is 10.2. The molecular weight excluding hydrogens is 208 g/mol. The summed E-state index contributed by atoms with van der Waals surface area (Å²) in [6.45, 7) is 3.86. The summed E-state index contributed by atoms with van der Waals surface area (Å²) in [4.78, 5) is 8.28. The van der Waals surface area contributed by atoms with Crippen molar-refractivity contribution in [2.24, 2.45) is 0 Å². The molecule has 16 heavy (non-hydrogen) atoms. The van der Waals surface area contributed by atoms with E-state index in [0.717, 1.165) is 6.42 Å². The van der Waals surface area contributed by atoms with Crippen molar-refractivity contribution in [3.8, 4) is 11.6 Å². The van der Waals surface area contributed by atoms with Gasteiger partial charge in [0, 0.05) is 12.5 Å². The van der Waals surface area contributed by atoms with Gasteiger partial charge >= 0.3 is 0 Å². The zero-order valence-corrected chi connectivity index (χ0v) is 9.52. The predicted octanol–water partition coefficient (Wildman–Crippen LogP) is 1.18. The monoisotopic (exact) mass is 222 g/mol. The topological polar surface area (TPSA) is 77.0 Å². The summed E-state index contributed by atoms with van der Waals surface area (Å²) in [5, 5.41) is 7.01. The van der Waals surface area contributed by atoms with Crippen LogP contribution in [0, 0.1) is 6.92 Å². The maximum absolute atomic E-state index is 5.12. The Morgan fingerprint density at radius 2 is 2.31 bits per heavy atom. The summed E-state index contributed by atoms with van der Waals surface area (Å²) in [6.07, 6.45) is 2.08. The quantitative estimate of drug-likeness (QED) is 0.837. The summed E-state index contributed by atoms with van der Waals surface area (Å²) in [7, 11) is 1.90. The molecule has 86 valence electrons. The van der Waals surface area contributed by atoms with Gasteiger partial charge in [-0.05, 0) is 20.9 Å². The lowest BCUT2D eigenvalue weighted by atomic mass is 10.2. The van der Waals surface area contributed by atoms with Crippen LogP contribution in [0.3, 0.4) is 0 Å². The molecule has 0 radical (unpaired) electrons. The van der Waals surface area contributed by atoms with Gasteiger partial charge in [0.05, 0.1) is 0 Å². The average Bonchev–Trinajstić information content (AvgIpc) is 2.86. The minimum absolute atomic E-state index is 0.309. The fourth-order valence-electron chi connectivity index (χ4n) is 1.32. The normalized spacial score (nSPS) is 12.9. The molecule has 2 aromatic rings. The highest BCUT2D eigenvalue weighted by molar-refractivity contribution is 5.48. The Bertz CT molecular complexity index is 463. The summed E-state index contributed by atoms with van der Waals surface area (Å²) >= 11 is 0. The maximum atomic E-state index is 5.12. The molecule has 2 rings (SSSR count). The van der Waals surface area contributed by atoms with Crippen LogP contribution < -0.4 is 5.32 Å². The largest absolute Gasteiger partial charge is 0.448 e. The lowest BCUT2D eigenvalue weighted by Crippen LogP contribution is -2.24. The minimum Gasteiger partial charge on any atom is -0.448 e. The Hall–Kier alpha value is -1.69. The van der Waals surface area contributed by atoms with Crippen LogP contribution in [0.1, 0.15) is 18.5 Å². The highest BCUT2D eigenvalue weighted by Gasteiger charge is 2.15. The number of rotatable bonds is 4. The van der Waals surface area contributed by atoms with Gasteiger partial charge in [0.15, 0.2) is 17.9 Å². The molecule has 0 aliphatic heterocycles.